The van der Waals surface area contributed by atoms with Crippen LogP contribution in [0.5, 0.6) is 5.88 Å². The number of piperazine rings is 1. The van der Waals surface area contributed by atoms with E-state index in [2.05, 4.69) is 15.7 Å². The second-order valence-electron chi connectivity index (χ2n) is 11.2. The SMILES string of the molecule is C[C@@H]1CN(C(=O)O)CCN1C(=O)[C@H](CCC(=O)O)NC(=O)c1cc(OCC(=O)N2CCC[C@H]2C(=O)NCCF)n(-c2ccccc2)n1. The lowest BCUT2D eigenvalue weighted by molar-refractivity contribution is -0.140. The van der Waals surface area contributed by atoms with Crippen LogP contribution in [0.3, 0.4) is 0 Å². The predicted molar refractivity (Wildman–Crippen MR) is 162 cm³/mol. The zero-order valence-electron chi connectivity index (χ0n) is 25.8. The van der Waals surface area contributed by atoms with Gasteiger partial charge >= 0.3 is 12.1 Å². The molecule has 16 nitrogen and oxygen atoms in total. The lowest BCUT2D eigenvalue weighted by Crippen LogP contribution is -2.59. The van der Waals surface area contributed by atoms with E-state index in [1.165, 1.54) is 25.4 Å². The highest BCUT2D eigenvalue weighted by molar-refractivity contribution is 5.96. The van der Waals surface area contributed by atoms with Crippen molar-refractivity contribution in [2.75, 3.05) is 46.0 Å². The first-order valence-corrected chi connectivity index (χ1v) is 15.2. The molecular weight excluding hydrogens is 621 g/mol. The molecule has 1 aromatic carbocycles. The van der Waals surface area contributed by atoms with Crippen LogP contribution in [-0.4, -0.2) is 135 Å². The molecule has 0 spiro atoms. The van der Waals surface area contributed by atoms with E-state index < -0.39 is 73.5 Å². The number of nitrogens with zero attached hydrogens (tertiary/aromatic N) is 5. The highest BCUT2D eigenvalue weighted by atomic mass is 19.1. The minimum absolute atomic E-state index is 0.0131. The predicted octanol–water partition coefficient (Wildman–Crippen LogP) is 0.502. The summed E-state index contributed by atoms with van der Waals surface area (Å²) in [5, 5.41) is 28.0. The number of carbonyl (C=O) groups is 6. The van der Waals surface area contributed by atoms with Crippen molar-refractivity contribution in [3.05, 3.63) is 42.1 Å². The van der Waals surface area contributed by atoms with Crippen molar-refractivity contribution in [3.63, 3.8) is 0 Å². The number of alkyl halides is 1. The highest BCUT2D eigenvalue weighted by Gasteiger charge is 2.36. The van der Waals surface area contributed by atoms with E-state index >= 15 is 0 Å². The van der Waals surface area contributed by atoms with Crippen LogP contribution in [0, 0.1) is 0 Å². The molecular formula is C30H38FN7O9. The number of hydrogen-bond donors (Lipinski definition) is 4. The van der Waals surface area contributed by atoms with E-state index in [0.717, 1.165) is 0 Å². The number of carboxylic acid groups (broad SMARTS) is 2. The van der Waals surface area contributed by atoms with Gasteiger partial charge in [-0.3, -0.25) is 24.0 Å². The molecule has 2 fully saturated rings. The first-order chi connectivity index (χ1) is 22.5. The number of aliphatic carboxylic acids is 1. The monoisotopic (exact) mass is 659 g/mol. The molecule has 1 aromatic heterocycles. The number of amides is 5. The number of carboxylic acids is 1. The number of carbonyl (C=O) groups excluding carboxylic acids is 4. The number of nitrogens with one attached hydrogen (secondary N) is 2. The number of rotatable bonds is 13. The van der Waals surface area contributed by atoms with Crippen molar-refractivity contribution in [2.45, 2.75) is 50.7 Å². The molecule has 2 aliphatic rings. The maximum atomic E-state index is 13.5. The highest BCUT2D eigenvalue weighted by Crippen LogP contribution is 2.22. The lowest BCUT2D eigenvalue weighted by Gasteiger charge is -2.40. The molecule has 2 saturated heterocycles. The van der Waals surface area contributed by atoms with E-state index in [9.17, 15) is 43.4 Å². The smallest absolute Gasteiger partial charge is 0.407 e. The van der Waals surface area contributed by atoms with Gasteiger partial charge in [-0.05, 0) is 38.3 Å². The summed E-state index contributed by atoms with van der Waals surface area (Å²) in [6.07, 6.45) is -0.752. The second-order valence-corrected chi connectivity index (χ2v) is 11.2. The number of aromatic nitrogens is 2. The number of para-hydroxylation sites is 1. The van der Waals surface area contributed by atoms with E-state index in [4.69, 9.17) is 4.74 Å². The molecule has 4 N–H and O–H groups in total. The Morgan fingerprint density at radius 2 is 1.81 bits per heavy atom. The van der Waals surface area contributed by atoms with Crippen LogP contribution in [0.2, 0.25) is 0 Å². The van der Waals surface area contributed by atoms with Gasteiger partial charge < -0.3 is 40.3 Å². The van der Waals surface area contributed by atoms with Crippen LogP contribution < -0.4 is 15.4 Å². The Labute approximate surface area is 269 Å². The van der Waals surface area contributed by atoms with Gasteiger partial charge in [0.1, 0.15) is 18.8 Å². The van der Waals surface area contributed by atoms with E-state index in [0.29, 0.717) is 25.1 Å². The summed E-state index contributed by atoms with van der Waals surface area (Å²) in [6, 6.07) is 7.34. The minimum atomic E-state index is -1.25. The third kappa shape index (κ3) is 8.74. The summed E-state index contributed by atoms with van der Waals surface area (Å²) in [4.78, 5) is 79.2. The summed E-state index contributed by atoms with van der Waals surface area (Å²) in [5.74, 6) is -3.47. The first kappa shape index (κ1) is 34.6. The van der Waals surface area contributed by atoms with Gasteiger partial charge in [-0.15, -0.1) is 0 Å². The molecule has 0 unspecified atom stereocenters. The number of likely N-dealkylation sites (tertiary alicyclic amines) is 1. The summed E-state index contributed by atoms with van der Waals surface area (Å²) in [7, 11) is 0. The van der Waals surface area contributed by atoms with Crippen molar-refractivity contribution in [2.24, 2.45) is 0 Å². The Bertz CT molecular complexity index is 1470. The fraction of sp³-hybridized carbons (Fsp3) is 0.500. The third-order valence-electron chi connectivity index (χ3n) is 7.95. The normalized spacial score (nSPS) is 18.4. The molecule has 47 heavy (non-hydrogen) atoms. The maximum Gasteiger partial charge on any atom is 0.407 e. The van der Waals surface area contributed by atoms with Crippen LogP contribution in [0.15, 0.2) is 36.4 Å². The Morgan fingerprint density at radius 3 is 2.47 bits per heavy atom. The average molecular weight is 660 g/mol. The number of ether oxygens (including phenoxy) is 1. The first-order valence-electron chi connectivity index (χ1n) is 15.2. The van der Waals surface area contributed by atoms with Crippen LogP contribution in [0.25, 0.3) is 5.69 Å². The maximum absolute atomic E-state index is 13.5. The minimum Gasteiger partial charge on any atom is -0.481 e. The number of hydrogen-bond acceptors (Lipinski definition) is 8. The molecule has 0 bridgehead atoms. The van der Waals surface area contributed by atoms with E-state index in [-0.39, 0.29) is 44.2 Å². The molecule has 2 aliphatic heterocycles. The Hall–Kier alpha value is -5.22. The number of benzene rings is 1. The second kappa shape index (κ2) is 15.9. The molecule has 0 radical (unpaired) electrons. The van der Waals surface area contributed by atoms with Gasteiger partial charge in [0.2, 0.25) is 17.7 Å². The fourth-order valence-corrected chi connectivity index (χ4v) is 5.59. The molecule has 0 aliphatic carbocycles. The average Bonchev–Trinajstić information content (AvgIpc) is 3.72. The van der Waals surface area contributed by atoms with Gasteiger partial charge in [-0.1, -0.05) is 18.2 Å². The van der Waals surface area contributed by atoms with Crippen molar-refractivity contribution in [1.82, 2.24) is 35.1 Å². The quantitative estimate of drug-likeness (QED) is 0.234. The summed E-state index contributed by atoms with van der Waals surface area (Å²) in [6.45, 7) is 0.786. The van der Waals surface area contributed by atoms with Gasteiger partial charge in [0.15, 0.2) is 12.3 Å². The summed E-state index contributed by atoms with van der Waals surface area (Å²) in [5.41, 5.74) is 0.306. The van der Waals surface area contributed by atoms with E-state index in [1.54, 1.807) is 37.3 Å². The topological polar surface area (TPSA) is 204 Å². The van der Waals surface area contributed by atoms with Gasteiger partial charge in [0.05, 0.1) is 5.69 Å². The van der Waals surface area contributed by atoms with E-state index in [1.807, 2.05) is 0 Å². The molecule has 3 heterocycles. The van der Waals surface area contributed by atoms with Crippen molar-refractivity contribution in [1.29, 1.82) is 0 Å². The van der Waals surface area contributed by atoms with Crippen molar-refractivity contribution >= 4 is 35.7 Å². The molecule has 4 rings (SSSR count). The van der Waals surface area contributed by atoms with Gasteiger partial charge in [0.25, 0.3) is 11.8 Å². The fourth-order valence-electron chi connectivity index (χ4n) is 5.59. The Morgan fingerprint density at radius 1 is 1.06 bits per heavy atom. The molecule has 254 valence electrons. The van der Waals surface area contributed by atoms with Gasteiger partial charge in [0, 0.05) is 51.3 Å². The van der Waals surface area contributed by atoms with Gasteiger partial charge in [-0.2, -0.15) is 5.10 Å². The molecule has 5 amide bonds. The molecule has 17 heteroatoms. The Balaban J connectivity index is 1.51. The zero-order valence-corrected chi connectivity index (χ0v) is 25.8. The standard InChI is InChI=1S/C30H38FN7O9/c1-19-17-35(30(45)46)14-15-36(19)29(44)21(9-10-26(40)41)33-27(42)22-16-25(38(34-22)20-6-3-2-4-7-20)47-18-24(39)37-13-5-8-23(37)28(43)32-12-11-31/h2-4,6-7,16,19,21,23H,5,8-15,17-18H2,1H3,(H,32,43)(H,33,42)(H,40,41)(H,45,46)/t19-,21+,23+/m1/s1. The van der Waals surface area contributed by atoms with Crippen LogP contribution >= 0.6 is 0 Å². The van der Waals surface area contributed by atoms with Crippen LogP contribution in [-0.2, 0) is 19.2 Å². The summed E-state index contributed by atoms with van der Waals surface area (Å²) < 4.78 is 19.6. The van der Waals surface area contributed by atoms with Crippen molar-refractivity contribution in [3.8, 4) is 11.6 Å². The van der Waals surface area contributed by atoms with Crippen LogP contribution in [0.1, 0.15) is 43.1 Å². The lowest BCUT2D eigenvalue weighted by atomic mass is 10.1. The molecule has 0 saturated carbocycles. The zero-order chi connectivity index (χ0) is 34.1. The number of halogens is 1. The largest absolute Gasteiger partial charge is 0.481 e. The Kier molecular flexibility index (Phi) is 11.7. The summed E-state index contributed by atoms with van der Waals surface area (Å²) >= 11 is 0. The van der Waals surface area contributed by atoms with Crippen molar-refractivity contribution < 1.29 is 48.1 Å². The molecule has 2 aromatic rings. The van der Waals surface area contributed by atoms with Crippen LogP contribution in [0.4, 0.5) is 9.18 Å². The third-order valence-corrected chi connectivity index (χ3v) is 7.95. The molecule has 3 atom stereocenters. The van der Waals surface area contributed by atoms with Gasteiger partial charge in [-0.25, -0.2) is 13.9 Å².